The van der Waals surface area contributed by atoms with E-state index >= 15 is 0 Å². The Morgan fingerprint density at radius 3 is 1.76 bits per heavy atom. The molecule has 2 rings (SSSR count). The predicted molar refractivity (Wildman–Crippen MR) is 165 cm³/mol. The number of carbonyl (C=O) groups is 8. The lowest BCUT2D eigenvalue weighted by atomic mass is 10.0. The number of carboxylic acids is 1. The van der Waals surface area contributed by atoms with E-state index < -0.39 is 84.6 Å². The van der Waals surface area contributed by atoms with Gasteiger partial charge in [0.2, 0.25) is 35.4 Å². The van der Waals surface area contributed by atoms with Crippen molar-refractivity contribution >= 4 is 47.7 Å². The fourth-order valence-corrected chi connectivity index (χ4v) is 5.72. The van der Waals surface area contributed by atoms with Crippen molar-refractivity contribution in [2.45, 2.75) is 103 Å². The monoisotopic (exact) mass is 651 g/mol. The van der Waals surface area contributed by atoms with Crippen LogP contribution < -0.4 is 27.0 Å². The van der Waals surface area contributed by atoms with Gasteiger partial charge in [-0.05, 0) is 50.4 Å². The molecule has 2 fully saturated rings. The molecule has 2 aliphatic rings. The zero-order chi connectivity index (χ0) is 34.6. The van der Waals surface area contributed by atoms with Crippen LogP contribution in [0.5, 0.6) is 0 Å². The minimum Gasteiger partial charge on any atom is -0.481 e. The van der Waals surface area contributed by atoms with Gasteiger partial charge in [0.1, 0.15) is 30.5 Å². The Morgan fingerprint density at radius 2 is 1.28 bits per heavy atom. The lowest BCUT2D eigenvalue weighted by Crippen LogP contribution is -2.57. The Labute approximate surface area is 268 Å². The standard InChI is InChI=1S/C30H49N7O9/c1-17(2)13-20(26(42)32-9-12-38)34-28(44)22-7-5-10-36(22)24(39)16-33-27(43)21(14-18(3)4)35-29(45)23-8-6-11-37(23)30(46)19(31)15-25(40)41/h12,17-23H,5-11,13-16,31H2,1-4H3,(H,32,42)(H,33,43)(H,34,44)(H,35,45)(H,40,41)/t19-,20-,21-,22-,23-/m0/s1. The van der Waals surface area contributed by atoms with Crippen LogP contribution >= 0.6 is 0 Å². The first-order chi connectivity index (χ1) is 21.7. The highest BCUT2D eigenvalue weighted by atomic mass is 16.4. The van der Waals surface area contributed by atoms with Crippen molar-refractivity contribution < 1.29 is 43.5 Å². The molecule has 0 spiro atoms. The summed E-state index contributed by atoms with van der Waals surface area (Å²) in [5.74, 6) is -4.55. The van der Waals surface area contributed by atoms with Gasteiger partial charge >= 0.3 is 5.97 Å². The van der Waals surface area contributed by atoms with Crippen LogP contribution in [0.4, 0.5) is 0 Å². The Balaban J connectivity index is 2.03. The number of carbonyl (C=O) groups excluding carboxylic acids is 7. The van der Waals surface area contributed by atoms with Gasteiger partial charge < -0.3 is 46.7 Å². The first kappa shape index (κ1) is 38.1. The van der Waals surface area contributed by atoms with Crippen LogP contribution in [0.1, 0.15) is 72.6 Å². The van der Waals surface area contributed by atoms with Crippen molar-refractivity contribution in [2.24, 2.45) is 17.6 Å². The van der Waals surface area contributed by atoms with Crippen molar-refractivity contribution in [1.82, 2.24) is 31.1 Å². The van der Waals surface area contributed by atoms with Crippen LogP contribution in [-0.4, -0.2) is 119 Å². The summed E-state index contributed by atoms with van der Waals surface area (Å²) in [4.78, 5) is 102. The van der Waals surface area contributed by atoms with E-state index in [4.69, 9.17) is 10.8 Å². The first-order valence-corrected chi connectivity index (χ1v) is 15.8. The largest absolute Gasteiger partial charge is 0.481 e. The molecule has 0 saturated carbocycles. The summed E-state index contributed by atoms with van der Waals surface area (Å²) >= 11 is 0. The first-order valence-electron chi connectivity index (χ1n) is 15.8. The fraction of sp³-hybridized carbons (Fsp3) is 0.733. The number of hydrogen-bond donors (Lipinski definition) is 6. The number of nitrogens with zero attached hydrogens (tertiary/aromatic N) is 2. The molecule has 6 amide bonds. The molecule has 0 aromatic carbocycles. The molecule has 2 aliphatic heterocycles. The molecule has 7 N–H and O–H groups in total. The van der Waals surface area contributed by atoms with Crippen molar-refractivity contribution in [3.8, 4) is 0 Å². The van der Waals surface area contributed by atoms with Crippen LogP contribution in [0.3, 0.4) is 0 Å². The molecule has 0 unspecified atom stereocenters. The van der Waals surface area contributed by atoms with Gasteiger partial charge in [-0.2, -0.15) is 0 Å². The van der Waals surface area contributed by atoms with Gasteiger partial charge in [-0.3, -0.25) is 33.6 Å². The quantitative estimate of drug-likeness (QED) is 0.0971. The number of likely N-dealkylation sites (tertiary alicyclic amines) is 2. The lowest BCUT2D eigenvalue weighted by molar-refractivity contribution is -0.144. The molecular weight excluding hydrogens is 602 g/mol. The number of nitrogens with two attached hydrogens (primary N) is 1. The van der Waals surface area contributed by atoms with Gasteiger partial charge in [0, 0.05) is 13.1 Å². The molecule has 16 heteroatoms. The van der Waals surface area contributed by atoms with Gasteiger partial charge in [-0.1, -0.05) is 27.7 Å². The highest BCUT2D eigenvalue weighted by Crippen LogP contribution is 2.20. The molecule has 0 aromatic heterocycles. The number of nitrogens with one attached hydrogen (secondary N) is 4. The van der Waals surface area contributed by atoms with E-state index in [2.05, 4.69) is 21.3 Å². The second-order valence-corrected chi connectivity index (χ2v) is 12.7. The molecule has 46 heavy (non-hydrogen) atoms. The van der Waals surface area contributed by atoms with Crippen LogP contribution in [0, 0.1) is 11.8 Å². The van der Waals surface area contributed by atoms with Crippen molar-refractivity contribution in [1.29, 1.82) is 0 Å². The molecule has 2 saturated heterocycles. The van der Waals surface area contributed by atoms with Gasteiger partial charge in [-0.25, -0.2) is 0 Å². The smallest absolute Gasteiger partial charge is 0.305 e. The van der Waals surface area contributed by atoms with E-state index in [1.165, 1.54) is 9.80 Å². The summed E-state index contributed by atoms with van der Waals surface area (Å²) < 4.78 is 0. The normalized spacial score (nSPS) is 19.7. The van der Waals surface area contributed by atoms with E-state index in [1.807, 2.05) is 27.7 Å². The Bertz CT molecular complexity index is 1150. The zero-order valence-electron chi connectivity index (χ0n) is 27.1. The minimum absolute atomic E-state index is 0.0220. The molecule has 0 aliphatic carbocycles. The Kier molecular flexibility index (Phi) is 15.0. The summed E-state index contributed by atoms with van der Waals surface area (Å²) in [6.07, 6.45) is 2.27. The lowest BCUT2D eigenvalue weighted by Gasteiger charge is -2.29. The molecule has 258 valence electrons. The number of aliphatic carboxylic acids is 1. The van der Waals surface area contributed by atoms with E-state index in [0.717, 1.165) is 0 Å². The number of rotatable bonds is 17. The molecule has 0 aromatic rings. The molecule has 5 atom stereocenters. The Hall–Kier alpha value is -4.08. The van der Waals surface area contributed by atoms with E-state index in [-0.39, 0.29) is 37.9 Å². The second kappa shape index (κ2) is 18.2. The molecule has 0 bridgehead atoms. The second-order valence-electron chi connectivity index (χ2n) is 12.7. The summed E-state index contributed by atoms with van der Waals surface area (Å²) in [6.45, 7) is 7.37. The molecule has 16 nitrogen and oxygen atoms in total. The third-order valence-corrected chi connectivity index (χ3v) is 7.88. The number of carboxylic acid groups (broad SMARTS) is 1. The Morgan fingerprint density at radius 1 is 0.804 bits per heavy atom. The summed E-state index contributed by atoms with van der Waals surface area (Å²) in [5.41, 5.74) is 5.74. The summed E-state index contributed by atoms with van der Waals surface area (Å²) in [6, 6.07) is -4.97. The van der Waals surface area contributed by atoms with Crippen LogP contribution in [0.2, 0.25) is 0 Å². The SMILES string of the molecule is CC(C)C[C@H](NC(=O)[C@@H]1CCCN1C(=O)CNC(=O)[C@H](CC(C)C)NC(=O)[C@@H]1CCCN1C(=O)[C@@H](N)CC(=O)O)C(=O)NCC=O. The van der Waals surface area contributed by atoms with Crippen LogP contribution in [-0.2, 0) is 38.4 Å². The topological polar surface area (TPSA) is 237 Å². The average molecular weight is 652 g/mol. The van der Waals surface area contributed by atoms with E-state index in [0.29, 0.717) is 38.4 Å². The fourth-order valence-electron chi connectivity index (χ4n) is 5.72. The van der Waals surface area contributed by atoms with E-state index in [9.17, 15) is 38.4 Å². The molecular formula is C30H49N7O9. The van der Waals surface area contributed by atoms with Gasteiger partial charge in [0.25, 0.3) is 0 Å². The van der Waals surface area contributed by atoms with Crippen LogP contribution in [0.15, 0.2) is 0 Å². The number of hydrogen-bond acceptors (Lipinski definition) is 9. The molecule has 2 heterocycles. The maximum atomic E-state index is 13.2. The third kappa shape index (κ3) is 11.4. The van der Waals surface area contributed by atoms with E-state index in [1.54, 1.807) is 0 Å². The number of aldehydes is 1. The molecule has 0 radical (unpaired) electrons. The summed E-state index contributed by atoms with van der Waals surface area (Å²) in [7, 11) is 0. The third-order valence-electron chi connectivity index (χ3n) is 7.88. The van der Waals surface area contributed by atoms with Gasteiger partial charge in [0.05, 0.1) is 25.6 Å². The maximum absolute atomic E-state index is 13.2. The number of amides is 6. The maximum Gasteiger partial charge on any atom is 0.305 e. The summed E-state index contributed by atoms with van der Waals surface area (Å²) in [5, 5.41) is 19.4. The van der Waals surface area contributed by atoms with Crippen molar-refractivity contribution in [3.05, 3.63) is 0 Å². The van der Waals surface area contributed by atoms with Crippen LogP contribution in [0.25, 0.3) is 0 Å². The minimum atomic E-state index is -1.30. The van der Waals surface area contributed by atoms with Crippen molar-refractivity contribution in [2.75, 3.05) is 26.2 Å². The zero-order valence-corrected chi connectivity index (χ0v) is 27.1. The van der Waals surface area contributed by atoms with Gasteiger partial charge in [0.15, 0.2) is 0 Å². The highest BCUT2D eigenvalue weighted by Gasteiger charge is 2.39. The van der Waals surface area contributed by atoms with Gasteiger partial charge in [-0.15, -0.1) is 0 Å². The van der Waals surface area contributed by atoms with Crippen molar-refractivity contribution in [3.63, 3.8) is 0 Å². The highest BCUT2D eigenvalue weighted by molar-refractivity contribution is 5.96. The average Bonchev–Trinajstić information content (AvgIpc) is 3.67. The predicted octanol–water partition coefficient (Wildman–Crippen LogP) is -1.74.